The number of ether oxygens (including phenoxy) is 2. The Bertz CT molecular complexity index is 1420. The van der Waals surface area contributed by atoms with Gasteiger partial charge in [0.2, 0.25) is 0 Å². The van der Waals surface area contributed by atoms with Gasteiger partial charge in [-0.05, 0) is 66.3 Å². The van der Waals surface area contributed by atoms with E-state index in [0.717, 1.165) is 40.6 Å². The minimum absolute atomic E-state index is 0.288. The summed E-state index contributed by atoms with van der Waals surface area (Å²) >= 11 is -1.97. The molecule has 36 heavy (non-hydrogen) atoms. The number of hydrogen-bond donors (Lipinski definition) is 2. The monoisotopic (exact) mass is 507 g/mol. The van der Waals surface area contributed by atoms with Crippen LogP contribution in [0.4, 0.5) is 0 Å². The van der Waals surface area contributed by atoms with Crippen molar-refractivity contribution in [3.63, 3.8) is 0 Å². The summed E-state index contributed by atoms with van der Waals surface area (Å²) < 4.78 is 26.4. The van der Waals surface area contributed by atoms with Crippen molar-refractivity contribution in [2.75, 3.05) is 14.2 Å². The van der Waals surface area contributed by atoms with Gasteiger partial charge in [-0.1, -0.05) is 25.3 Å². The zero-order valence-electron chi connectivity index (χ0n) is 20.3. The van der Waals surface area contributed by atoms with Crippen LogP contribution in [0.25, 0.3) is 28.2 Å². The first-order valence-corrected chi connectivity index (χ1v) is 13.2. The van der Waals surface area contributed by atoms with Gasteiger partial charge in [-0.15, -0.1) is 0 Å². The Morgan fingerprint density at radius 2 is 1.86 bits per heavy atom. The van der Waals surface area contributed by atoms with Gasteiger partial charge in [0.05, 0.1) is 32.0 Å². The zero-order chi connectivity index (χ0) is 25.4. The molecule has 2 heterocycles. The molecule has 3 aromatic rings. The molecule has 1 fully saturated rings. The van der Waals surface area contributed by atoms with Gasteiger partial charge < -0.3 is 14.0 Å². The highest BCUT2D eigenvalue weighted by molar-refractivity contribution is 7.81. The number of nitrogens with two attached hydrogens (primary N) is 1. The van der Waals surface area contributed by atoms with Crippen LogP contribution in [0.2, 0.25) is 0 Å². The van der Waals surface area contributed by atoms with E-state index < -0.39 is 23.0 Å². The van der Waals surface area contributed by atoms with Gasteiger partial charge in [0.25, 0.3) is 5.91 Å². The molecule has 0 spiro atoms. The maximum absolute atomic E-state index is 12.8. The standard InChI is InChI=1S/C27H29N3O5S/c1-34-20-9-11-21-18(13-20)12-19(27(32)35-2)15-30-23-14-17(26(31)29-36(28)33)8-10-22(23)24(25(21)30)16-6-4-3-5-7-16/h8-14,16H,3-7,15,28H2,1-2H3,(H,29,31). The second-order valence-corrected chi connectivity index (χ2v) is 10.1. The predicted molar refractivity (Wildman–Crippen MR) is 140 cm³/mol. The lowest BCUT2D eigenvalue weighted by Gasteiger charge is -2.24. The fourth-order valence-electron chi connectivity index (χ4n) is 5.59. The summed E-state index contributed by atoms with van der Waals surface area (Å²) in [5.41, 5.74) is 5.84. The van der Waals surface area contributed by atoms with Gasteiger partial charge in [0.1, 0.15) is 5.75 Å². The van der Waals surface area contributed by atoms with Crippen LogP contribution in [-0.4, -0.2) is 34.9 Å². The number of nitrogens with zero attached hydrogens (tertiary/aromatic N) is 1. The van der Waals surface area contributed by atoms with Gasteiger partial charge in [-0.3, -0.25) is 9.52 Å². The van der Waals surface area contributed by atoms with Crippen LogP contribution in [0.3, 0.4) is 0 Å². The van der Waals surface area contributed by atoms with Crippen LogP contribution in [0.15, 0.2) is 42.0 Å². The minimum atomic E-state index is -1.97. The number of carbonyl (C=O) groups excluding carboxylic acids is 2. The summed E-state index contributed by atoms with van der Waals surface area (Å²) in [7, 11) is 2.99. The number of benzene rings is 2. The van der Waals surface area contributed by atoms with Gasteiger partial charge in [0, 0.05) is 22.0 Å². The summed E-state index contributed by atoms with van der Waals surface area (Å²) in [6, 6.07) is 11.4. The Kier molecular flexibility index (Phi) is 6.68. The van der Waals surface area contributed by atoms with E-state index in [-0.39, 0.29) is 6.54 Å². The second kappa shape index (κ2) is 9.91. The van der Waals surface area contributed by atoms with Crippen molar-refractivity contribution >= 4 is 40.0 Å². The smallest absolute Gasteiger partial charge is 0.335 e. The third-order valence-corrected chi connectivity index (χ3v) is 7.58. The number of esters is 1. The molecule has 1 unspecified atom stereocenters. The topological polar surface area (TPSA) is 113 Å². The van der Waals surface area contributed by atoms with E-state index >= 15 is 0 Å². The Labute approximate surface area is 212 Å². The largest absolute Gasteiger partial charge is 0.497 e. The van der Waals surface area contributed by atoms with E-state index in [1.165, 1.54) is 31.9 Å². The number of methoxy groups -OCH3 is 2. The number of aromatic nitrogens is 1. The molecule has 2 aromatic carbocycles. The van der Waals surface area contributed by atoms with Gasteiger partial charge >= 0.3 is 5.97 Å². The number of amides is 1. The molecule has 0 bridgehead atoms. The molecule has 1 aliphatic carbocycles. The first-order chi connectivity index (χ1) is 17.4. The second-order valence-electron chi connectivity index (χ2n) is 9.26. The Balaban J connectivity index is 1.81. The van der Waals surface area contributed by atoms with Gasteiger partial charge in [-0.25, -0.2) is 14.1 Å². The normalized spacial score (nSPS) is 16.4. The van der Waals surface area contributed by atoms with Crippen LogP contribution in [-0.2, 0) is 27.2 Å². The third-order valence-electron chi connectivity index (χ3n) is 7.19. The molecule has 1 aliphatic heterocycles. The lowest BCUT2D eigenvalue weighted by molar-refractivity contribution is -0.136. The molecule has 5 rings (SSSR count). The fraction of sp³-hybridized carbons (Fsp3) is 0.333. The average Bonchev–Trinajstić information content (AvgIpc) is 3.10. The molecular formula is C27H29N3O5S. The number of rotatable bonds is 5. The molecular weight excluding hydrogens is 478 g/mol. The van der Waals surface area contributed by atoms with E-state index in [1.54, 1.807) is 19.2 Å². The fourth-order valence-corrected chi connectivity index (χ4v) is 5.89. The highest BCUT2D eigenvalue weighted by Crippen LogP contribution is 2.47. The molecule has 1 saturated carbocycles. The Hall–Kier alpha value is -3.43. The predicted octanol–water partition coefficient (Wildman–Crippen LogP) is 4.20. The van der Waals surface area contributed by atoms with E-state index in [4.69, 9.17) is 14.6 Å². The number of fused-ring (bicyclic) bond motifs is 5. The summed E-state index contributed by atoms with van der Waals surface area (Å²) in [4.78, 5) is 25.4. The van der Waals surface area contributed by atoms with Crippen molar-refractivity contribution < 1.29 is 23.3 Å². The van der Waals surface area contributed by atoms with Crippen LogP contribution >= 0.6 is 0 Å². The minimum Gasteiger partial charge on any atom is -0.497 e. The lowest BCUT2D eigenvalue weighted by atomic mass is 9.81. The molecule has 188 valence electrons. The third kappa shape index (κ3) is 4.33. The summed E-state index contributed by atoms with van der Waals surface area (Å²) in [5.74, 6) is 0.134. The molecule has 1 atom stereocenters. The van der Waals surface area contributed by atoms with E-state index in [2.05, 4.69) is 9.29 Å². The first kappa shape index (κ1) is 24.3. The van der Waals surface area contributed by atoms with Gasteiger partial charge in [0.15, 0.2) is 11.2 Å². The van der Waals surface area contributed by atoms with E-state index in [1.807, 2.05) is 30.3 Å². The summed E-state index contributed by atoms with van der Waals surface area (Å²) in [5, 5.41) is 6.34. The molecule has 0 saturated heterocycles. The summed E-state index contributed by atoms with van der Waals surface area (Å²) in [6.45, 7) is 0.288. The number of carbonyl (C=O) groups is 2. The summed E-state index contributed by atoms with van der Waals surface area (Å²) in [6.07, 6.45) is 7.60. The van der Waals surface area contributed by atoms with E-state index in [9.17, 15) is 13.8 Å². The average molecular weight is 508 g/mol. The number of nitrogens with one attached hydrogen (secondary N) is 1. The quantitative estimate of drug-likeness (QED) is 0.503. The number of hydrogen-bond acceptors (Lipinski definition) is 5. The van der Waals surface area contributed by atoms with Crippen molar-refractivity contribution in [1.82, 2.24) is 9.29 Å². The Morgan fingerprint density at radius 1 is 1.08 bits per heavy atom. The molecule has 9 heteroatoms. The molecule has 2 aliphatic rings. The highest BCUT2D eigenvalue weighted by atomic mass is 32.2. The van der Waals surface area contributed by atoms with Crippen LogP contribution < -0.4 is 14.6 Å². The molecule has 1 aromatic heterocycles. The SMILES string of the molecule is COC(=O)C1=Cc2cc(OC)ccc2-c2c(C3CCCCC3)c3ccc(C(=O)NS(N)=O)cc3n2C1. The van der Waals surface area contributed by atoms with Crippen LogP contribution in [0.1, 0.15) is 59.5 Å². The first-order valence-electron chi connectivity index (χ1n) is 12.0. The van der Waals surface area contributed by atoms with Crippen LogP contribution in [0, 0.1) is 0 Å². The van der Waals surface area contributed by atoms with Crippen molar-refractivity contribution in [1.29, 1.82) is 0 Å². The molecule has 8 nitrogen and oxygen atoms in total. The highest BCUT2D eigenvalue weighted by Gasteiger charge is 2.30. The maximum atomic E-state index is 12.8. The van der Waals surface area contributed by atoms with Crippen molar-refractivity contribution in [2.24, 2.45) is 5.14 Å². The Morgan fingerprint density at radius 3 is 2.56 bits per heavy atom. The maximum Gasteiger partial charge on any atom is 0.335 e. The van der Waals surface area contributed by atoms with Crippen molar-refractivity contribution in [3.05, 3.63) is 58.7 Å². The van der Waals surface area contributed by atoms with E-state index in [0.29, 0.717) is 22.8 Å². The molecule has 1 amide bonds. The lowest BCUT2D eigenvalue weighted by Crippen LogP contribution is -2.30. The molecule has 3 N–H and O–H groups in total. The van der Waals surface area contributed by atoms with Crippen LogP contribution in [0.5, 0.6) is 5.75 Å². The zero-order valence-corrected chi connectivity index (χ0v) is 21.2. The van der Waals surface area contributed by atoms with Crippen molar-refractivity contribution in [3.8, 4) is 17.0 Å². The van der Waals surface area contributed by atoms with Crippen molar-refractivity contribution in [2.45, 2.75) is 44.6 Å². The van der Waals surface area contributed by atoms with Gasteiger partial charge in [-0.2, -0.15) is 0 Å². The molecule has 0 radical (unpaired) electrons.